The maximum atomic E-state index is 10.6. The molecule has 2 aromatic heterocycles. The molecule has 104 valence electrons. The summed E-state index contributed by atoms with van der Waals surface area (Å²) < 4.78 is 5.48. The van der Waals surface area contributed by atoms with E-state index in [1.54, 1.807) is 6.07 Å². The molecular weight excluding hydrogens is 294 g/mol. The van der Waals surface area contributed by atoms with E-state index in [0.717, 1.165) is 17.1 Å². The average molecular weight is 302 g/mol. The smallest absolute Gasteiger partial charge is 0.287 e. The normalized spacial score (nSPS) is 10.5. The van der Waals surface area contributed by atoms with Crippen LogP contribution in [0.3, 0.4) is 0 Å². The molecule has 0 saturated carbocycles. The predicted molar refractivity (Wildman–Crippen MR) is 77.7 cm³/mol. The van der Waals surface area contributed by atoms with Crippen LogP contribution in [0.1, 0.15) is 0 Å². The molecule has 0 saturated heterocycles. The van der Waals surface area contributed by atoms with E-state index in [0.29, 0.717) is 5.02 Å². The van der Waals surface area contributed by atoms with E-state index in [9.17, 15) is 10.1 Å². The van der Waals surface area contributed by atoms with E-state index in [1.807, 2.05) is 24.3 Å². The van der Waals surface area contributed by atoms with Crippen molar-refractivity contribution in [1.82, 2.24) is 9.97 Å². The Bertz CT molecular complexity index is 821. The number of hydrogen-bond acceptors (Lipinski definition) is 5. The molecule has 0 radical (unpaired) electrons. The Balaban J connectivity index is 1.93. The standard InChI is InChI=1S/C14H8ClN3O3/c15-11-7-9-3-1-2-4-12(9)17-14(11)21-13-6-5-10(8-16-13)18(19)20/h1-8H. The van der Waals surface area contributed by atoms with Gasteiger partial charge in [-0.25, -0.2) is 9.97 Å². The van der Waals surface area contributed by atoms with Gasteiger partial charge in [0.1, 0.15) is 11.2 Å². The van der Waals surface area contributed by atoms with Gasteiger partial charge >= 0.3 is 0 Å². The maximum absolute atomic E-state index is 10.6. The van der Waals surface area contributed by atoms with E-state index in [4.69, 9.17) is 16.3 Å². The van der Waals surface area contributed by atoms with Crippen molar-refractivity contribution in [3.05, 3.63) is 63.8 Å². The van der Waals surface area contributed by atoms with Crippen LogP contribution in [0.15, 0.2) is 48.7 Å². The lowest BCUT2D eigenvalue weighted by atomic mass is 10.2. The first-order chi connectivity index (χ1) is 10.1. The second kappa shape index (κ2) is 5.34. The lowest BCUT2D eigenvalue weighted by Crippen LogP contribution is -1.94. The Labute approximate surface area is 124 Å². The van der Waals surface area contributed by atoms with E-state index in [1.165, 1.54) is 12.1 Å². The summed E-state index contributed by atoms with van der Waals surface area (Å²) in [6.07, 6.45) is 1.12. The molecular formula is C14H8ClN3O3. The van der Waals surface area contributed by atoms with Crippen molar-refractivity contribution in [3.63, 3.8) is 0 Å². The Morgan fingerprint density at radius 1 is 1.19 bits per heavy atom. The third-order valence-electron chi connectivity index (χ3n) is 2.78. The molecule has 0 atom stereocenters. The van der Waals surface area contributed by atoms with Gasteiger partial charge in [0.15, 0.2) is 0 Å². The fraction of sp³-hybridized carbons (Fsp3) is 0. The summed E-state index contributed by atoms with van der Waals surface area (Å²) >= 11 is 6.11. The molecule has 0 N–H and O–H groups in total. The van der Waals surface area contributed by atoms with Crippen molar-refractivity contribution in [3.8, 4) is 11.8 Å². The van der Waals surface area contributed by atoms with Gasteiger partial charge in [-0.3, -0.25) is 10.1 Å². The molecule has 0 fully saturated rings. The highest BCUT2D eigenvalue weighted by Gasteiger charge is 2.10. The van der Waals surface area contributed by atoms with Gasteiger partial charge in [0.25, 0.3) is 5.69 Å². The first-order valence-electron chi connectivity index (χ1n) is 5.97. The zero-order valence-corrected chi connectivity index (χ0v) is 11.3. The van der Waals surface area contributed by atoms with Crippen LogP contribution in [0.5, 0.6) is 11.8 Å². The number of rotatable bonds is 3. The third kappa shape index (κ3) is 2.75. The minimum atomic E-state index is -0.530. The topological polar surface area (TPSA) is 78.2 Å². The molecule has 7 heteroatoms. The minimum absolute atomic E-state index is 0.111. The molecule has 6 nitrogen and oxygen atoms in total. The second-order valence-electron chi connectivity index (χ2n) is 4.18. The molecule has 0 aliphatic rings. The number of benzene rings is 1. The summed E-state index contributed by atoms with van der Waals surface area (Å²) in [5.74, 6) is 0.391. The van der Waals surface area contributed by atoms with Crippen LogP contribution in [0, 0.1) is 10.1 Å². The summed E-state index contributed by atoms with van der Waals surface area (Å²) in [5.41, 5.74) is 0.624. The third-order valence-corrected chi connectivity index (χ3v) is 3.05. The zero-order chi connectivity index (χ0) is 14.8. The Morgan fingerprint density at radius 2 is 2.00 bits per heavy atom. The van der Waals surface area contributed by atoms with Crippen molar-refractivity contribution in [2.24, 2.45) is 0 Å². The summed E-state index contributed by atoms with van der Waals surface area (Å²) in [6, 6.07) is 11.9. The molecule has 3 aromatic rings. The molecule has 0 amide bonds. The highest BCUT2D eigenvalue weighted by molar-refractivity contribution is 6.32. The van der Waals surface area contributed by atoms with Gasteiger partial charge in [-0.15, -0.1) is 0 Å². The number of nitrogens with zero attached hydrogens (tertiary/aromatic N) is 3. The number of halogens is 1. The van der Waals surface area contributed by atoms with Gasteiger partial charge in [0, 0.05) is 17.5 Å². The zero-order valence-electron chi connectivity index (χ0n) is 10.6. The molecule has 0 aliphatic carbocycles. The Morgan fingerprint density at radius 3 is 2.71 bits per heavy atom. The van der Waals surface area contributed by atoms with Crippen LogP contribution in [-0.2, 0) is 0 Å². The Kier molecular flexibility index (Phi) is 3.37. The molecule has 0 spiro atoms. The van der Waals surface area contributed by atoms with Crippen LogP contribution in [0.2, 0.25) is 5.02 Å². The fourth-order valence-electron chi connectivity index (χ4n) is 1.78. The van der Waals surface area contributed by atoms with Crippen molar-refractivity contribution in [1.29, 1.82) is 0 Å². The number of aromatic nitrogens is 2. The quantitative estimate of drug-likeness (QED) is 0.540. The predicted octanol–water partition coefficient (Wildman–Crippen LogP) is 3.98. The molecule has 1 aromatic carbocycles. The minimum Gasteiger partial charge on any atom is -0.419 e. The van der Waals surface area contributed by atoms with Crippen LogP contribution in [-0.4, -0.2) is 14.9 Å². The van der Waals surface area contributed by atoms with E-state index < -0.39 is 4.92 Å². The van der Waals surface area contributed by atoms with E-state index >= 15 is 0 Å². The van der Waals surface area contributed by atoms with Crippen molar-refractivity contribution >= 4 is 28.2 Å². The van der Waals surface area contributed by atoms with Crippen LogP contribution in [0.4, 0.5) is 5.69 Å². The van der Waals surface area contributed by atoms with Crippen LogP contribution < -0.4 is 4.74 Å². The number of ether oxygens (including phenoxy) is 1. The molecule has 2 heterocycles. The Hall–Kier alpha value is -2.73. The van der Waals surface area contributed by atoms with Crippen molar-refractivity contribution in [2.75, 3.05) is 0 Å². The number of hydrogen-bond donors (Lipinski definition) is 0. The van der Waals surface area contributed by atoms with Gasteiger partial charge in [0.05, 0.1) is 10.4 Å². The van der Waals surface area contributed by atoms with E-state index in [2.05, 4.69) is 9.97 Å². The highest BCUT2D eigenvalue weighted by Crippen LogP contribution is 2.30. The monoisotopic (exact) mass is 301 g/mol. The second-order valence-corrected chi connectivity index (χ2v) is 4.59. The summed E-state index contributed by atoms with van der Waals surface area (Å²) in [4.78, 5) is 18.2. The van der Waals surface area contributed by atoms with Crippen LogP contribution >= 0.6 is 11.6 Å². The first-order valence-corrected chi connectivity index (χ1v) is 6.35. The summed E-state index contributed by atoms with van der Waals surface area (Å²) in [6.45, 7) is 0. The largest absolute Gasteiger partial charge is 0.419 e. The first kappa shape index (κ1) is 13.3. The van der Waals surface area contributed by atoms with Gasteiger partial charge in [-0.05, 0) is 12.1 Å². The summed E-state index contributed by atoms with van der Waals surface area (Å²) in [7, 11) is 0. The van der Waals surface area contributed by atoms with Gasteiger partial charge in [-0.2, -0.15) is 0 Å². The number of para-hydroxylation sites is 1. The number of pyridine rings is 2. The van der Waals surface area contributed by atoms with Crippen LogP contribution in [0.25, 0.3) is 10.9 Å². The van der Waals surface area contributed by atoms with Gasteiger partial charge < -0.3 is 4.74 Å². The van der Waals surface area contributed by atoms with E-state index in [-0.39, 0.29) is 17.4 Å². The molecule has 21 heavy (non-hydrogen) atoms. The average Bonchev–Trinajstić information content (AvgIpc) is 2.48. The highest BCUT2D eigenvalue weighted by atomic mass is 35.5. The van der Waals surface area contributed by atoms with Gasteiger partial charge in [0.2, 0.25) is 11.8 Å². The SMILES string of the molecule is O=[N+]([O-])c1ccc(Oc2nc3ccccc3cc2Cl)nc1. The maximum Gasteiger partial charge on any atom is 0.287 e. The van der Waals surface area contributed by atoms with Crippen molar-refractivity contribution < 1.29 is 9.66 Å². The lowest BCUT2D eigenvalue weighted by Gasteiger charge is -2.06. The van der Waals surface area contributed by atoms with Gasteiger partial charge in [-0.1, -0.05) is 29.8 Å². The number of fused-ring (bicyclic) bond motifs is 1. The molecule has 3 rings (SSSR count). The molecule has 0 bridgehead atoms. The molecule has 0 aliphatic heterocycles. The lowest BCUT2D eigenvalue weighted by molar-refractivity contribution is -0.385. The van der Waals surface area contributed by atoms with Crippen molar-refractivity contribution in [2.45, 2.75) is 0 Å². The molecule has 0 unspecified atom stereocenters. The number of nitro groups is 1. The fourth-order valence-corrected chi connectivity index (χ4v) is 1.98. The summed E-state index contributed by atoms with van der Waals surface area (Å²) in [5, 5.41) is 11.8.